The Labute approximate surface area is 114 Å². The zero-order chi connectivity index (χ0) is 13.2. The number of carbonyl (C=O) groups excluding carboxylic acids is 1. The summed E-state index contributed by atoms with van der Waals surface area (Å²) in [5.74, 6) is 0.273. The Hall–Kier alpha value is -1.66. The minimum absolute atomic E-state index is 0.176. The molecule has 0 bridgehead atoms. The molecule has 2 aromatic heterocycles. The summed E-state index contributed by atoms with van der Waals surface area (Å²) < 4.78 is 0. The molecule has 0 spiro atoms. The normalized spacial score (nSPS) is 16.3. The summed E-state index contributed by atoms with van der Waals surface area (Å²) in [4.78, 5) is 12.1. The molecule has 0 unspecified atom stereocenters. The van der Waals surface area contributed by atoms with Crippen LogP contribution in [0.25, 0.3) is 0 Å². The summed E-state index contributed by atoms with van der Waals surface area (Å²) >= 11 is 1.53. The fourth-order valence-corrected chi connectivity index (χ4v) is 2.73. The second-order valence-corrected chi connectivity index (χ2v) is 5.53. The summed E-state index contributed by atoms with van der Waals surface area (Å²) in [6.45, 7) is 0.213. The lowest BCUT2D eigenvalue weighted by molar-refractivity contribution is 0.0915. The van der Waals surface area contributed by atoms with Crippen molar-refractivity contribution in [3.63, 3.8) is 0 Å². The number of aromatic amines is 1. The SMILES string of the molecule is O=C(NC[C@@H](O)c1ccsc1)c1cn[nH]c1C1CC1. The van der Waals surface area contributed by atoms with Gasteiger partial charge in [0, 0.05) is 12.5 Å². The van der Waals surface area contributed by atoms with E-state index >= 15 is 0 Å². The highest BCUT2D eigenvalue weighted by atomic mass is 32.1. The molecule has 1 atom stereocenters. The lowest BCUT2D eigenvalue weighted by Crippen LogP contribution is -2.28. The molecule has 19 heavy (non-hydrogen) atoms. The van der Waals surface area contributed by atoms with E-state index in [0.29, 0.717) is 11.5 Å². The zero-order valence-corrected chi connectivity index (χ0v) is 11.1. The van der Waals surface area contributed by atoms with E-state index in [4.69, 9.17) is 0 Å². The number of thiophene rings is 1. The molecule has 0 aromatic carbocycles. The number of aliphatic hydroxyl groups is 1. The fourth-order valence-electron chi connectivity index (χ4n) is 2.03. The van der Waals surface area contributed by atoms with E-state index < -0.39 is 6.10 Å². The molecule has 0 saturated heterocycles. The van der Waals surface area contributed by atoms with Crippen LogP contribution in [0.2, 0.25) is 0 Å². The first-order chi connectivity index (χ1) is 9.25. The predicted molar refractivity (Wildman–Crippen MR) is 72.2 cm³/mol. The standard InChI is InChI=1S/C13H15N3O2S/c17-11(9-3-4-19-7-9)6-14-13(18)10-5-15-16-12(10)8-1-2-8/h3-5,7-8,11,17H,1-2,6H2,(H,14,18)(H,15,16)/t11-/m1/s1. The van der Waals surface area contributed by atoms with Crippen molar-refractivity contribution >= 4 is 17.2 Å². The van der Waals surface area contributed by atoms with Gasteiger partial charge in [-0.1, -0.05) is 0 Å². The topological polar surface area (TPSA) is 78.0 Å². The molecule has 1 aliphatic carbocycles. The third-order valence-electron chi connectivity index (χ3n) is 3.28. The third kappa shape index (κ3) is 2.69. The largest absolute Gasteiger partial charge is 0.387 e. The van der Waals surface area contributed by atoms with Crippen LogP contribution in [0.4, 0.5) is 0 Å². The molecule has 5 nitrogen and oxygen atoms in total. The minimum Gasteiger partial charge on any atom is -0.387 e. The van der Waals surface area contributed by atoms with Crippen molar-refractivity contribution in [2.75, 3.05) is 6.54 Å². The molecule has 3 N–H and O–H groups in total. The molecule has 1 amide bonds. The van der Waals surface area contributed by atoms with Crippen molar-refractivity contribution < 1.29 is 9.90 Å². The quantitative estimate of drug-likeness (QED) is 0.780. The van der Waals surface area contributed by atoms with Crippen LogP contribution < -0.4 is 5.32 Å². The predicted octanol–water partition coefficient (Wildman–Crippen LogP) is 1.81. The molecule has 100 valence electrons. The Bertz CT molecular complexity index is 560. The third-order valence-corrected chi connectivity index (χ3v) is 3.98. The molecule has 3 rings (SSSR count). The van der Waals surface area contributed by atoms with Gasteiger partial charge in [-0.15, -0.1) is 0 Å². The van der Waals surface area contributed by atoms with Crippen LogP contribution in [0.1, 0.15) is 46.5 Å². The number of rotatable bonds is 5. The van der Waals surface area contributed by atoms with Crippen LogP contribution in [0.15, 0.2) is 23.0 Å². The van der Waals surface area contributed by atoms with Gasteiger partial charge in [0.1, 0.15) is 0 Å². The zero-order valence-electron chi connectivity index (χ0n) is 10.3. The Balaban J connectivity index is 1.60. The lowest BCUT2D eigenvalue weighted by Gasteiger charge is -2.10. The highest BCUT2D eigenvalue weighted by Gasteiger charge is 2.29. The van der Waals surface area contributed by atoms with E-state index in [-0.39, 0.29) is 12.5 Å². The van der Waals surface area contributed by atoms with Crippen LogP contribution in [-0.4, -0.2) is 27.8 Å². The highest BCUT2D eigenvalue weighted by molar-refractivity contribution is 7.07. The second-order valence-electron chi connectivity index (χ2n) is 4.75. The average molecular weight is 277 g/mol. The monoisotopic (exact) mass is 277 g/mol. The Morgan fingerprint density at radius 1 is 1.63 bits per heavy atom. The Morgan fingerprint density at radius 2 is 2.47 bits per heavy atom. The van der Waals surface area contributed by atoms with Gasteiger partial charge in [0.15, 0.2) is 0 Å². The highest BCUT2D eigenvalue weighted by Crippen LogP contribution is 2.40. The average Bonchev–Trinajstić information content (AvgIpc) is 2.96. The van der Waals surface area contributed by atoms with Gasteiger partial charge in [0.25, 0.3) is 5.91 Å². The first kappa shape index (κ1) is 12.4. The Morgan fingerprint density at radius 3 is 3.16 bits per heavy atom. The van der Waals surface area contributed by atoms with Gasteiger partial charge < -0.3 is 10.4 Å². The van der Waals surface area contributed by atoms with Crippen molar-refractivity contribution in [1.29, 1.82) is 0 Å². The van der Waals surface area contributed by atoms with Crippen molar-refractivity contribution in [1.82, 2.24) is 15.5 Å². The van der Waals surface area contributed by atoms with Crippen LogP contribution in [0.5, 0.6) is 0 Å². The number of nitrogens with one attached hydrogen (secondary N) is 2. The molecular weight excluding hydrogens is 262 g/mol. The molecule has 2 heterocycles. The van der Waals surface area contributed by atoms with E-state index in [0.717, 1.165) is 24.1 Å². The van der Waals surface area contributed by atoms with Gasteiger partial charge in [-0.3, -0.25) is 9.89 Å². The van der Waals surface area contributed by atoms with Crippen molar-refractivity contribution in [3.05, 3.63) is 39.8 Å². The van der Waals surface area contributed by atoms with Crippen molar-refractivity contribution in [2.24, 2.45) is 0 Å². The summed E-state index contributed by atoms with van der Waals surface area (Å²) in [6.07, 6.45) is 3.12. The first-order valence-corrected chi connectivity index (χ1v) is 7.21. The van der Waals surface area contributed by atoms with E-state index in [1.807, 2.05) is 16.8 Å². The number of hydrogen-bond acceptors (Lipinski definition) is 4. The van der Waals surface area contributed by atoms with E-state index in [1.165, 1.54) is 11.3 Å². The number of aromatic nitrogens is 2. The lowest BCUT2D eigenvalue weighted by atomic mass is 10.1. The number of aliphatic hydroxyl groups excluding tert-OH is 1. The Kier molecular flexibility index (Phi) is 3.35. The number of hydrogen-bond donors (Lipinski definition) is 3. The maximum atomic E-state index is 12.1. The summed E-state index contributed by atoms with van der Waals surface area (Å²) in [5, 5.41) is 23.3. The summed E-state index contributed by atoms with van der Waals surface area (Å²) in [6, 6.07) is 1.86. The number of carbonyl (C=O) groups is 1. The number of H-pyrrole nitrogens is 1. The van der Waals surface area contributed by atoms with E-state index in [2.05, 4.69) is 15.5 Å². The molecule has 1 saturated carbocycles. The number of nitrogens with zero attached hydrogens (tertiary/aromatic N) is 1. The van der Waals surface area contributed by atoms with E-state index in [1.54, 1.807) is 6.20 Å². The van der Waals surface area contributed by atoms with E-state index in [9.17, 15) is 9.90 Å². The molecule has 1 fully saturated rings. The van der Waals surface area contributed by atoms with Gasteiger partial charge in [-0.05, 0) is 35.2 Å². The van der Waals surface area contributed by atoms with Gasteiger partial charge >= 0.3 is 0 Å². The summed E-state index contributed by atoms with van der Waals surface area (Å²) in [5.41, 5.74) is 2.35. The molecule has 2 aromatic rings. The van der Waals surface area contributed by atoms with Gasteiger partial charge in [0.2, 0.25) is 0 Å². The van der Waals surface area contributed by atoms with Crippen molar-refractivity contribution in [2.45, 2.75) is 24.9 Å². The van der Waals surface area contributed by atoms with Crippen molar-refractivity contribution in [3.8, 4) is 0 Å². The fraction of sp³-hybridized carbons (Fsp3) is 0.385. The van der Waals surface area contributed by atoms with Crippen LogP contribution in [-0.2, 0) is 0 Å². The first-order valence-electron chi connectivity index (χ1n) is 6.27. The van der Waals surface area contributed by atoms with Crippen LogP contribution >= 0.6 is 11.3 Å². The van der Waals surface area contributed by atoms with Gasteiger partial charge in [-0.25, -0.2) is 0 Å². The smallest absolute Gasteiger partial charge is 0.254 e. The van der Waals surface area contributed by atoms with Crippen LogP contribution in [0.3, 0.4) is 0 Å². The maximum Gasteiger partial charge on any atom is 0.254 e. The molecule has 6 heteroatoms. The van der Waals surface area contributed by atoms with Gasteiger partial charge in [0.05, 0.1) is 23.6 Å². The second kappa shape index (κ2) is 5.14. The molecular formula is C13H15N3O2S. The minimum atomic E-state index is -0.661. The molecule has 0 radical (unpaired) electrons. The van der Waals surface area contributed by atoms with Crippen LogP contribution in [0, 0.1) is 0 Å². The maximum absolute atomic E-state index is 12.1. The summed E-state index contributed by atoms with van der Waals surface area (Å²) in [7, 11) is 0. The molecule has 1 aliphatic rings. The number of amides is 1. The molecule has 0 aliphatic heterocycles. The van der Waals surface area contributed by atoms with Gasteiger partial charge in [-0.2, -0.15) is 16.4 Å².